The molecule has 0 aliphatic carbocycles. The lowest BCUT2D eigenvalue weighted by molar-refractivity contribution is -0.154. The third-order valence-corrected chi connectivity index (χ3v) is 17.0. The van der Waals surface area contributed by atoms with Crippen LogP contribution in [0.2, 0.25) is 0 Å². The van der Waals surface area contributed by atoms with Crippen molar-refractivity contribution in [2.75, 3.05) is 55.9 Å². The quantitative estimate of drug-likeness (QED) is 0.168. The smallest absolute Gasteiger partial charge is 0.248 e. The number of nitrogens with zero attached hydrogens (tertiary/aromatic N) is 7. The molecule has 0 saturated carbocycles. The third-order valence-electron chi connectivity index (χ3n) is 17.0. The lowest BCUT2D eigenvalue weighted by atomic mass is 9.94. The van der Waals surface area contributed by atoms with Gasteiger partial charge < -0.3 is 65.4 Å². The number of aliphatic hydroxyl groups excluding tert-OH is 1. The molecule has 1 aromatic carbocycles. The van der Waals surface area contributed by atoms with Gasteiger partial charge >= 0.3 is 0 Å². The fourth-order valence-corrected chi connectivity index (χ4v) is 10.9. The van der Waals surface area contributed by atoms with Crippen molar-refractivity contribution in [3.05, 3.63) is 35.9 Å². The lowest BCUT2D eigenvalue weighted by Crippen LogP contribution is -2.63. The number of ether oxygens (including phenoxy) is 1. The molecule has 1 heterocycles. The molecule has 11 amide bonds. The molecular weight excluding hydrogens is 1150 g/mol. The highest BCUT2D eigenvalue weighted by Gasteiger charge is 2.45. The van der Waals surface area contributed by atoms with Crippen molar-refractivity contribution in [1.82, 2.24) is 55.6 Å². The van der Waals surface area contributed by atoms with E-state index in [2.05, 4.69) is 21.3 Å². The summed E-state index contributed by atoms with van der Waals surface area (Å²) in [5.41, 5.74) is -0.142. The van der Waals surface area contributed by atoms with Gasteiger partial charge in [-0.25, -0.2) is 0 Å². The molecule has 24 heteroatoms. The van der Waals surface area contributed by atoms with E-state index in [-0.39, 0.29) is 62.4 Å². The van der Waals surface area contributed by atoms with Crippen LogP contribution >= 0.6 is 0 Å². The molecule has 13 atom stereocenters. The number of nitrogens with one attached hydrogen (secondary N) is 4. The van der Waals surface area contributed by atoms with Crippen molar-refractivity contribution < 1.29 is 62.6 Å². The molecule has 1 fully saturated rings. The summed E-state index contributed by atoms with van der Waals surface area (Å²) in [6, 6.07) is -5.32. The number of likely N-dealkylation sites (N-methyl/N-ethyl adjacent to an activating group) is 7. The standard InChI is InChI=1S/C66H113N11O13/c1-25-41(10)54-65(89)72(19)44(13)61(85)73(20)50(33-39(6)7)56(80)69-48(36-90-66(15,16)17)63(87)76(23)49(32-38(4)5)55(79)67-42(11)59(83)71(18)43(12)60(84)74(21)52(35-46-29-27-26-28-30-46)57(81)68-47(31-37(2)3)62(86)75(22)51(34-40(8)9)58(82)70-53(45(14)78)64(88)77(54)24/h26-30,37-45,47-54,78H,25,31-36H2,1-24H3,(H,67,79)(H,68,81)(H,69,80)(H,70,82)/t41-,42?,43-,44-,45+,47-,48-,49-,50-,51-,52-,53-,54-/m0/s1. The second-order valence-corrected chi connectivity index (χ2v) is 27.6. The van der Waals surface area contributed by atoms with Crippen molar-refractivity contribution in [2.24, 2.45) is 29.6 Å². The lowest BCUT2D eigenvalue weighted by Gasteiger charge is -2.39. The summed E-state index contributed by atoms with van der Waals surface area (Å²) in [5.74, 6) is -9.12. The summed E-state index contributed by atoms with van der Waals surface area (Å²) in [6.45, 7) is 29.0. The highest BCUT2D eigenvalue weighted by molar-refractivity contribution is 6.00. The fraction of sp³-hybridized carbons (Fsp3) is 0.742. The maximum absolute atomic E-state index is 15.0. The van der Waals surface area contributed by atoms with E-state index >= 15 is 0 Å². The molecule has 24 nitrogen and oxygen atoms in total. The predicted octanol–water partition coefficient (Wildman–Crippen LogP) is 3.46. The van der Waals surface area contributed by atoms with Crippen LogP contribution in [-0.4, -0.2) is 238 Å². The summed E-state index contributed by atoms with van der Waals surface area (Å²) in [6.07, 6.45) is -0.786. The summed E-state index contributed by atoms with van der Waals surface area (Å²) in [7, 11) is 9.82. The maximum Gasteiger partial charge on any atom is 0.248 e. The number of hydrogen-bond acceptors (Lipinski definition) is 13. The van der Waals surface area contributed by atoms with Crippen LogP contribution in [0.3, 0.4) is 0 Å². The van der Waals surface area contributed by atoms with E-state index in [1.807, 2.05) is 62.3 Å². The minimum Gasteiger partial charge on any atom is -0.391 e. The highest BCUT2D eigenvalue weighted by atomic mass is 16.5. The van der Waals surface area contributed by atoms with Crippen LogP contribution in [0.25, 0.3) is 0 Å². The van der Waals surface area contributed by atoms with E-state index in [1.54, 1.807) is 58.0 Å². The Bertz CT molecular complexity index is 2610. The van der Waals surface area contributed by atoms with Crippen LogP contribution in [0.1, 0.15) is 155 Å². The zero-order valence-electron chi connectivity index (χ0n) is 58.6. The molecule has 0 bridgehead atoms. The number of amides is 11. The van der Waals surface area contributed by atoms with Gasteiger partial charge in [-0.2, -0.15) is 0 Å². The average molecular weight is 1270 g/mol. The first-order valence-electron chi connectivity index (χ1n) is 32.0. The van der Waals surface area contributed by atoms with Gasteiger partial charge in [0.15, 0.2) is 0 Å². The maximum atomic E-state index is 15.0. The number of aliphatic hydroxyl groups is 1. The summed E-state index contributed by atoms with van der Waals surface area (Å²) in [5, 5.41) is 22.5. The number of carbonyl (C=O) groups is 11. The van der Waals surface area contributed by atoms with Gasteiger partial charge in [0.1, 0.15) is 66.5 Å². The van der Waals surface area contributed by atoms with Crippen LogP contribution in [0.5, 0.6) is 0 Å². The summed E-state index contributed by atoms with van der Waals surface area (Å²) >= 11 is 0. The fourth-order valence-electron chi connectivity index (χ4n) is 10.9. The van der Waals surface area contributed by atoms with Gasteiger partial charge in [0.05, 0.1) is 18.3 Å². The van der Waals surface area contributed by atoms with E-state index < -0.39 is 149 Å². The Morgan fingerprint density at radius 3 is 1.26 bits per heavy atom. The van der Waals surface area contributed by atoms with Crippen molar-refractivity contribution in [3.8, 4) is 0 Å². The Morgan fingerprint density at radius 2 is 0.833 bits per heavy atom. The Hall–Kier alpha value is -6.69. The van der Waals surface area contributed by atoms with Crippen LogP contribution in [0, 0.1) is 29.6 Å². The third kappa shape index (κ3) is 22.3. The SMILES string of the molecule is CC[C@H](C)[C@H]1C(=O)N(C)[C@@H](C)C(=O)N(C)[C@@H](CC(C)C)C(=O)N[C@@H](COC(C)(C)C)C(=O)N(C)[C@@H](CC(C)C)C(=O)NC(C)C(=O)N(C)[C@@H](C)C(=O)N(C)[C@@H](Cc2ccccc2)C(=O)N[C@@H](CC(C)C)C(=O)N(C)[C@@H](CC(C)C)C(=O)N[C@@H]([C@@H](C)O)C(=O)N1C. The minimum atomic E-state index is -1.65. The van der Waals surface area contributed by atoms with Crippen molar-refractivity contribution in [3.63, 3.8) is 0 Å². The van der Waals surface area contributed by atoms with Crippen molar-refractivity contribution in [2.45, 2.75) is 234 Å². The zero-order chi connectivity index (χ0) is 69.3. The summed E-state index contributed by atoms with van der Waals surface area (Å²) < 4.78 is 6.12. The number of carbonyl (C=O) groups excluding carboxylic acids is 11. The van der Waals surface area contributed by atoms with E-state index in [4.69, 9.17) is 4.74 Å². The molecule has 0 aromatic heterocycles. The molecule has 90 heavy (non-hydrogen) atoms. The van der Waals surface area contributed by atoms with Gasteiger partial charge in [0.2, 0.25) is 65.0 Å². The second-order valence-electron chi connectivity index (χ2n) is 27.6. The number of rotatable bonds is 15. The molecule has 1 aromatic rings. The molecule has 1 aliphatic heterocycles. The zero-order valence-corrected chi connectivity index (χ0v) is 58.6. The molecule has 0 spiro atoms. The van der Waals surface area contributed by atoms with Gasteiger partial charge in [-0.05, 0) is 109 Å². The molecular formula is C66H113N11O13. The molecule has 1 aliphatic rings. The molecule has 1 saturated heterocycles. The predicted molar refractivity (Wildman–Crippen MR) is 345 cm³/mol. The van der Waals surface area contributed by atoms with Gasteiger partial charge in [-0.1, -0.05) is 106 Å². The van der Waals surface area contributed by atoms with E-state index in [0.717, 1.165) is 9.80 Å². The number of benzene rings is 1. The Morgan fingerprint density at radius 1 is 0.456 bits per heavy atom. The van der Waals surface area contributed by atoms with Crippen molar-refractivity contribution in [1.29, 1.82) is 0 Å². The second kappa shape index (κ2) is 35.2. The molecule has 1 unspecified atom stereocenters. The molecule has 510 valence electrons. The largest absolute Gasteiger partial charge is 0.391 e. The first-order chi connectivity index (χ1) is 41.5. The van der Waals surface area contributed by atoms with Gasteiger partial charge in [0.25, 0.3) is 0 Å². The van der Waals surface area contributed by atoms with Crippen LogP contribution in [0.15, 0.2) is 30.3 Å². The Balaban J connectivity index is 3.05. The molecule has 0 radical (unpaired) electrons. The van der Waals surface area contributed by atoms with E-state index in [0.29, 0.717) is 12.0 Å². The van der Waals surface area contributed by atoms with Gasteiger partial charge in [-0.15, -0.1) is 0 Å². The topological polar surface area (TPSA) is 288 Å². The summed E-state index contributed by atoms with van der Waals surface area (Å²) in [4.78, 5) is 171. The van der Waals surface area contributed by atoms with Crippen molar-refractivity contribution >= 4 is 65.0 Å². The normalized spacial score (nSPS) is 26.8. The average Bonchev–Trinajstić information content (AvgIpc) is 0.937. The molecule has 2 rings (SSSR count). The Labute approximate surface area is 537 Å². The Kier molecular flexibility index (Phi) is 31.1. The monoisotopic (exact) mass is 1270 g/mol. The number of hydrogen-bond donors (Lipinski definition) is 5. The first kappa shape index (κ1) is 79.4. The van der Waals surface area contributed by atoms with Crippen LogP contribution in [0.4, 0.5) is 0 Å². The van der Waals surface area contributed by atoms with Crippen LogP contribution < -0.4 is 21.3 Å². The first-order valence-corrected chi connectivity index (χ1v) is 32.0. The van der Waals surface area contributed by atoms with Gasteiger partial charge in [-0.3, -0.25) is 52.7 Å². The molecule has 5 N–H and O–H groups in total. The van der Waals surface area contributed by atoms with Crippen LogP contribution in [-0.2, 0) is 63.9 Å². The van der Waals surface area contributed by atoms with E-state index in [9.17, 15) is 57.8 Å². The van der Waals surface area contributed by atoms with Gasteiger partial charge in [0, 0.05) is 55.8 Å². The van der Waals surface area contributed by atoms with E-state index in [1.165, 1.54) is 102 Å². The minimum absolute atomic E-state index is 0.0192. The highest BCUT2D eigenvalue weighted by Crippen LogP contribution is 2.24.